The van der Waals surface area contributed by atoms with Gasteiger partial charge in [-0.1, -0.05) is 48.7 Å². The van der Waals surface area contributed by atoms with Gasteiger partial charge in [-0.2, -0.15) is 0 Å². The molecule has 5 rings (SSSR count). The summed E-state index contributed by atoms with van der Waals surface area (Å²) in [6.45, 7) is 2.08. The number of hydrogen-bond donors (Lipinski definition) is 1. The molecule has 0 amide bonds. The predicted octanol–water partition coefficient (Wildman–Crippen LogP) is 6.61. The van der Waals surface area contributed by atoms with E-state index in [1.165, 1.54) is 37.5 Å². The third kappa shape index (κ3) is 4.91. The highest BCUT2D eigenvalue weighted by Gasteiger charge is 2.19. The van der Waals surface area contributed by atoms with Gasteiger partial charge in [0.15, 0.2) is 9.84 Å². The highest BCUT2D eigenvalue weighted by Crippen LogP contribution is 2.41. The van der Waals surface area contributed by atoms with Crippen molar-refractivity contribution in [3.63, 3.8) is 0 Å². The fourth-order valence-electron chi connectivity index (χ4n) is 4.40. The summed E-state index contributed by atoms with van der Waals surface area (Å²) < 4.78 is 23.7. The number of nitrogens with zero attached hydrogens (tertiary/aromatic N) is 2. The first kappa shape index (κ1) is 22.7. The van der Waals surface area contributed by atoms with Crippen LogP contribution in [0.5, 0.6) is 0 Å². The molecule has 0 radical (unpaired) electrons. The van der Waals surface area contributed by atoms with Crippen LogP contribution in [0.2, 0.25) is 0 Å². The van der Waals surface area contributed by atoms with Crippen LogP contribution in [0.1, 0.15) is 31.2 Å². The molecule has 0 aliphatic heterocycles. The zero-order valence-corrected chi connectivity index (χ0v) is 20.9. The molecule has 0 bridgehead atoms. The van der Waals surface area contributed by atoms with E-state index in [-0.39, 0.29) is 0 Å². The van der Waals surface area contributed by atoms with E-state index in [0.29, 0.717) is 10.9 Å². The van der Waals surface area contributed by atoms with Crippen LogP contribution in [0.4, 0.5) is 5.82 Å². The Hall–Kier alpha value is -3.03. The predicted molar refractivity (Wildman–Crippen MR) is 140 cm³/mol. The standard InChI is InChI=1S/C27H27N3O2S2/c1-18-6-5-7-20(16-18)25-26(21-14-15-28-24(17-21)29-22-8-3-4-9-22)33-27(30-25)19-10-12-23(13-11-19)34(2,31)32/h5-7,10-17,22H,3-4,8-9H2,1-2H3,(H,28,29). The van der Waals surface area contributed by atoms with Gasteiger partial charge in [-0.3, -0.25) is 0 Å². The third-order valence-electron chi connectivity index (χ3n) is 6.18. The SMILES string of the molecule is Cc1cccc(-c2nc(-c3ccc(S(C)(=O)=O)cc3)sc2-c2ccnc(NC3CCCC3)c2)c1. The highest BCUT2D eigenvalue weighted by molar-refractivity contribution is 7.90. The first-order chi connectivity index (χ1) is 16.4. The fraction of sp³-hybridized carbons (Fsp3) is 0.259. The molecule has 1 aliphatic rings. The number of nitrogens with one attached hydrogen (secondary N) is 1. The van der Waals surface area contributed by atoms with Crippen molar-refractivity contribution in [3.8, 4) is 32.3 Å². The first-order valence-electron chi connectivity index (χ1n) is 11.5. The van der Waals surface area contributed by atoms with Gasteiger partial charge in [0, 0.05) is 29.6 Å². The molecule has 0 spiro atoms. The summed E-state index contributed by atoms with van der Waals surface area (Å²) in [4.78, 5) is 11.0. The summed E-state index contributed by atoms with van der Waals surface area (Å²) in [5.41, 5.74) is 5.13. The van der Waals surface area contributed by atoms with Crippen LogP contribution in [0.15, 0.2) is 71.8 Å². The summed E-state index contributed by atoms with van der Waals surface area (Å²) in [6, 6.07) is 20.0. The molecule has 2 aromatic heterocycles. The van der Waals surface area contributed by atoms with Crippen LogP contribution in [-0.4, -0.2) is 30.7 Å². The normalized spacial score (nSPS) is 14.4. The van der Waals surface area contributed by atoms with E-state index < -0.39 is 9.84 Å². The summed E-state index contributed by atoms with van der Waals surface area (Å²) in [7, 11) is -3.24. The lowest BCUT2D eigenvalue weighted by molar-refractivity contribution is 0.602. The average Bonchev–Trinajstić information content (AvgIpc) is 3.49. The lowest BCUT2D eigenvalue weighted by atomic mass is 10.1. The average molecular weight is 490 g/mol. The number of thiazole rings is 1. The van der Waals surface area contributed by atoms with Gasteiger partial charge in [0.2, 0.25) is 0 Å². The second-order valence-electron chi connectivity index (χ2n) is 8.92. The van der Waals surface area contributed by atoms with E-state index in [0.717, 1.165) is 38.1 Å². The van der Waals surface area contributed by atoms with Gasteiger partial charge < -0.3 is 5.32 Å². The number of anilines is 1. The molecule has 5 nitrogen and oxygen atoms in total. The fourth-order valence-corrected chi connectivity index (χ4v) is 6.12. The number of rotatable bonds is 6. The van der Waals surface area contributed by atoms with Crippen molar-refractivity contribution in [1.82, 2.24) is 9.97 Å². The molecule has 34 heavy (non-hydrogen) atoms. The van der Waals surface area contributed by atoms with Crippen molar-refractivity contribution < 1.29 is 8.42 Å². The summed E-state index contributed by atoms with van der Waals surface area (Å²) >= 11 is 1.62. The number of aromatic nitrogens is 2. The van der Waals surface area contributed by atoms with Gasteiger partial charge in [-0.25, -0.2) is 18.4 Å². The molecule has 2 heterocycles. The Morgan fingerprint density at radius 2 is 1.71 bits per heavy atom. The van der Waals surface area contributed by atoms with Crippen molar-refractivity contribution in [2.45, 2.75) is 43.5 Å². The molecule has 7 heteroatoms. The van der Waals surface area contributed by atoms with Crippen molar-refractivity contribution in [1.29, 1.82) is 0 Å². The van der Waals surface area contributed by atoms with Crippen LogP contribution >= 0.6 is 11.3 Å². The second-order valence-corrected chi connectivity index (χ2v) is 11.9. The van der Waals surface area contributed by atoms with E-state index >= 15 is 0 Å². The quantitative estimate of drug-likeness (QED) is 0.330. The molecule has 174 valence electrons. The number of hydrogen-bond acceptors (Lipinski definition) is 6. The van der Waals surface area contributed by atoms with Gasteiger partial charge in [-0.15, -0.1) is 11.3 Å². The van der Waals surface area contributed by atoms with Crippen molar-refractivity contribution in [2.24, 2.45) is 0 Å². The molecule has 0 atom stereocenters. The van der Waals surface area contributed by atoms with E-state index in [4.69, 9.17) is 4.98 Å². The van der Waals surface area contributed by atoms with Gasteiger partial charge in [0.05, 0.1) is 15.5 Å². The minimum Gasteiger partial charge on any atom is -0.367 e. The molecule has 2 aromatic carbocycles. The summed E-state index contributed by atoms with van der Waals surface area (Å²) in [5, 5.41) is 4.45. The Kier molecular flexibility index (Phi) is 6.23. The molecule has 0 unspecified atom stereocenters. The Bertz CT molecular complexity index is 1420. The minimum atomic E-state index is -3.24. The van der Waals surface area contributed by atoms with Crippen LogP contribution in [-0.2, 0) is 9.84 Å². The first-order valence-corrected chi connectivity index (χ1v) is 14.2. The Balaban J connectivity index is 1.58. The number of benzene rings is 2. The van der Waals surface area contributed by atoms with Crippen LogP contribution in [0.25, 0.3) is 32.3 Å². The lowest BCUT2D eigenvalue weighted by Crippen LogP contribution is -2.15. The van der Waals surface area contributed by atoms with Gasteiger partial charge in [0.1, 0.15) is 10.8 Å². The maximum atomic E-state index is 11.9. The molecular formula is C27H27N3O2S2. The minimum absolute atomic E-state index is 0.309. The van der Waals surface area contributed by atoms with Crippen LogP contribution in [0.3, 0.4) is 0 Å². The summed E-state index contributed by atoms with van der Waals surface area (Å²) in [6.07, 6.45) is 7.99. The molecule has 4 aromatic rings. The summed E-state index contributed by atoms with van der Waals surface area (Å²) in [5.74, 6) is 0.895. The van der Waals surface area contributed by atoms with Crippen LogP contribution in [0, 0.1) is 6.92 Å². The maximum Gasteiger partial charge on any atom is 0.175 e. The highest BCUT2D eigenvalue weighted by atomic mass is 32.2. The molecule has 1 fully saturated rings. The van der Waals surface area contributed by atoms with E-state index in [1.807, 2.05) is 30.5 Å². The zero-order valence-electron chi connectivity index (χ0n) is 19.3. The molecule has 1 saturated carbocycles. The van der Waals surface area contributed by atoms with E-state index in [2.05, 4.69) is 41.5 Å². The topological polar surface area (TPSA) is 72.0 Å². The second kappa shape index (κ2) is 9.31. The van der Waals surface area contributed by atoms with Gasteiger partial charge >= 0.3 is 0 Å². The van der Waals surface area contributed by atoms with Crippen molar-refractivity contribution in [3.05, 3.63) is 72.4 Å². The Morgan fingerprint density at radius 1 is 0.941 bits per heavy atom. The number of aryl methyl sites for hydroxylation is 1. The van der Waals surface area contributed by atoms with E-state index in [9.17, 15) is 8.42 Å². The smallest absolute Gasteiger partial charge is 0.175 e. The largest absolute Gasteiger partial charge is 0.367 e. The number of pyridine rings is 1. The van der Waals surface area contributed by atoms with E-state index in [1.54, 1.807) is 23.5 Å². The molecule has 0 saturated heterocycles. The Labute approximate surface area is 204 Å². The van der Waals surface area contributed by atoms with Crippen molar-refractivity contribution in [2.75, 3.05) is 11.6 Å². The van der Waals surface area contributed by atoms with Crippen LogP contribution < -0.4 is 5.32 Å². The van der Waals surface area contributed by atoms with Crippen molar-refractivity contribution >= 4 is 27.0 Å². The molecular weight excluding hydrogens is 462 g/mol. The number of sulfone groups is 1. The molecule has 1 aliphatic carbocycles. The lowest BCUT2D eigenvalue weighted by Gasteiger charge is -2.13. The monoisotopic (exact) mass is 489 g/mol. The third-order valence-corrected chi connectivity index (χ3v) is 8.46. The van der Waals surface area contributed by atoms with Gasteiger partial charge in [-0.05, 0) is 55.7 Å². The molecule has 1 N–H and O–H groups in total. The van der Waals surface area contributed by atoms with Gasteiger partial charge in [0.25, 0.3) is 0 Å². The zero-order chi connectivity index (χ0) is 23.7. The maximum absolute atomic E-state index is 11.9. The Morgan fingerprint density at radius 3 is 2.41 bits per heavy atom.